The van der Waals surface area contributed by atoms with Crippen molar-refractivity contribution >= 4 is 17.4 Å². The van der Waals surface area contributed by atoms with Crippen molar-refractivity contribution in [2.45, 2.75) is 18.4 Å². The van der Waals surface area contributed by atoms with E-state index < -0.39 is 0 Å². The van der Waals surface area contributed by atoms with E-state index in [2.05, 4.69) is 41.6 Å². The van der Waals surface area contributed by atoms with Gasteiger partial charge in [0.2, 0.25) is 0 Å². The Balaban J connectivity index is 1.93. The lowest BCUT2D eigenvalue weighted by atomic mass is 9.86. The maximum atomic E-state index is 12.3. The number of likely N-dealkylation sites (tertiary alicyclic amines) is 1. The van der Waals surface area contributed by atoms with Gasteiger partial charge in [0, 0.05) is 37.6 Å². The summed E-state index contributed by atoms with van der Waals surface area (Å²) in [5, 5.41) is 6.00. The first kappa shape index (κ1) is 18.5. The number of amides is 2. The van der Waals surface area contributed by atoms with Gasteiger partial charge in [-0.15, -0.1) is 0 Å². The second-order valence-electron chi connectivity index (χ2n) is 7.17. The fourth-order valence-electron chi connectivity index (χ4n) is 3.10. The largest absolute Gasteiger partial charge is 0.378 e. The van der Waals surface area contributed by atoms with E-state index in [4.69, 9.17) is 0 Å². The van der Waals surface area contributed by atoms with Gasteiger partial charge in [0.1, 0.15) is 0 Å². The predicted molar refractivity (Wildman–Crippen MR) is 101 cm³/mol. The second-order valence-corrected chi connectivity index (χ2v) is 7.17. The molecule has 2 N–H and O–H groups in total. The highest BCUT2D eigenvalue weighted by Gasteiger charge is 2.35. The van der Waals surface area contributed by atoms with E-state index in [1.807, 2.05) is 43.3 Å². The molecule has 0 aromatic heterocycles. The third-order valence-electron chi connectivity index (χ3n) is 5.06. The van der Waals surface area contributed by atoms with Gasteiger partial charge in [0.05, 0.1) is 0 Å². The van der Waals surface area contributed by atoms with Crippen LogP contribution in [0.1, 0.15) is 12.8 Å². The Morgan fingerprint density at radius 1 is 1.21 bits per heavy atom. The van der Waals surface area contributed by atoms with Crippen LogP contribution in [0.2, 0.25) is 0 Å². The van der Waals surface area contributed by atoms with Gasteiger partial charge < -0.3 is 25.3 Å². The molecule has 1 aliphatic rings. The molecule has 1 aromatic rings. The third-order valence-corrected chi connectivity index (χ3v) is 5.06. The van der Waals surface area contributed by atoms with Gasteiger partial charge in [-0.3, -0.25) is 0 Å². The van der Waals surface area contributed by atoms with Crippen molar-refractivity contribution in [2.24, 2.45) is 0 Å². The normalized spacial score (nSPS) is 17.6. The zero-order valence-corrected chi connectivity index (χ0v) is 15.6. The van der Waals surface area contributed by atoms with Crippen LogP contribution >= 0.6 is 0 Å². The summed E-state index contributed by atoms with van der Waals surface area (Å²) in [6, 6.07) is 7.69. The fourth-order valence-corrected chi connectivity index (χ4v) is 3.10. The van der Waals surface area contributed by atoms with Crippen LogP contribution in [0.25, 0.3) is 0 Å². The molecule has 24 heavy (non-hydrogen) atoms. The molecule has 134 valence electrons. The molecular formula is C18H31N5O. The van der Waals surface area contributed by atoms with Crippen LogP contribution < -0.4 is 15.5 Å². The van der Waals surface area contributed by atoms with Gasteiger partial charge in [0.25, 0.3) is 0 Å². The molecule has 0 radical (unpaired) electrons. The SMILES string of the molecule is CN1CCC(CNC(=O)Nc2cccc(N(C)C)c2)(N(C)C)CC1. The number of urea groups is 1. The number of nitrogens with one attached hydrogen (secondary N) is 2. The summed E-state index contributed by atoms with van der Waals surface area (Å²) in [4.78, 5) is 18.9. The first-order valence-electron chi connectivity index (χ1n) is 8.51. The lowest BCUT2D eigenvalue weighted by Gasteiger charge is -2.45. The molecule has 0 aliphatic carbocycles. The average Bonchev–Trinajstić information content (AvgIpc) is 2.54. The molecule has 0 spiro atoms. The Labute approximate surface area is 145 Å². The Hall–Kier alpha value is -1.79. The quantitative estimate of drug-likeness (QED) is 0.864. The molecule has 1 fully saturated rings. The van der Waals surface area contributed by atoms with Crippen LogP contribution in [-0.4, -0.2) is 76.2 Å². The molecule has 6 nitrogen and oxygen atoms in total. The molecule has 6 heteroatoms. The van der Waals surface area contributed by atoms with E-state index in [1.54, 1.807) is 0 Å². The Morgan fingerprint density at radius 2 is 1.88 bits per heavy atom. The fraction of sp³-hybridized carbons (Fsp3) is 0.611. The number of anilines is 2. The standard InChI is InChI=1S/C18H31N5O/c1-21(2)16-8-6-7-15(13-16)20-17(24)19-14-18(22(3)4)9-11-23(5)12-10-18/h6-8,13H,9-12,14H2,1-5H3,(H2,19,20,24). The van der Waals surface area contributed by atoms with Crippen molar-refractivity contribution in [1.29, 1.82) is 0 Å². The number of benzene rings is 1. The number of hydrogen-bond donors (Lipinski definition) is 2. The smallest absolute Gasteiger partial charge is 0.319 e. The number of carbonyl (C=O) groups excluding carboxylic acids is 1. The second kappa shape index (κ2) is 7.85. The van der Waals surface area contributed by atoms with Gasteiger partial charge in [-0.2, -0.15) is 0 Å². The van der Waals surface area contributed by atoms with Crippen molar-refractivity contribution in [3.8, 4) is 0 Å². The summed E-state index contributed by atoms with van der Waals surface area (Å²) in [7, 11) is 10.3. The number of rotatable bonds is 5. The van der Waals surface area contributed by atoms with E-state index in [1.165, 1.54) is 0 Å². The van der Waals surface area contributed by atoms with Crippen molar-refractivity contribution in [1.82, 2.24) is 15.1 Å². The number of nitrogens with zero attached hydrogens (tertiary/aromatic N) is 3. The van der Waals surface area contributed by atoms with Crippen molar-refractivity contribution < 1.29 is 4.79 Å². The molecule has 1 saturated heterocycles. The van der Waals surface area contributed by atoms with Crippen molar-refractivity contribution in [3.63, 3.8) is 0 Å². The van der Waals surface area contributed by atoms with Crippen molar-refractivity contribution in [3.05, 3.63) is 24.3 Å². The highest BCUT2D eigenvalue weighted by Crippen LogP contribution is 2.26. The number of carbonyl (C=O) groups is 1. The molecule has 1 heterocycles. The Bertz CT molecular complexity index is 550. The van der Waals surface area contributed by atoms with E-state index in [-0.39, 0.29) is 11.6 Å². The van der Waals surface area contributed by atoms with E-state index in [0.717, 1.165) is 37.3 Å². The van der Waals surface area contributed by atoms with Crippen LogP contribution in [0, 0.1) is 0 Å². The molecule has 1 aromatic carbocycles. The summed E-state index contributed by atoms with van der Waals surface area (Å²) in [6.45, 7) is 2.78. The number of hydrogen-bond acceptors (Lipinski definition) is 4. The predicted octanol–water partition coefficient (Wildman–Crippen LogP) is 1.90. The first-order valence-corrected chi connectivity index (χ1v) is 8.51. The molecule has 1 aliphatic heterocycles. The minimum Gasteiger partial charge on any atom is -0.378 e. The van der Waals surface area contributed by atoms with Gasteiger partial charge >= 0.3 is 6.03 Å². The van der Waals surface area contributed by atoms with Gasteiger partial charge in [-0.25, -0.2) is 4.79 Å². The maximum absolute atomic E-state index is 12.3. The lowest BCUT2D eigenvalue weighted by molar-refractivity contribution is 0.0684. The molecular weight excluding hydrogens is 302 g/mol. The monoisotopic (exact) mass is 333 g/mol. The summed E-state index contributed by atoms with van der Waals surface area (Å²) < 4.78 is 0. The van der Waals surface area contributed by atoms with Crippen LogP contribution in [-0.2, 0) is 0 Å². The summed E-state index contributed by atoms with van der Waals surface area (Å²) in [5.41, 5.74) is 1.91. The van der Waals surface area contributed by atoms with Crippen molar-refractivity contribution in [2.75, 3.05) is 65.1 Å². The Kier molecular flexibility index (Phi) is 6.07. The van der Waals surface area contributed by atoms with E-state index >= 15 is 0 Å². The molecule has 0 atom stereocenters. The maximum Gasteiger partial charge on any atom is 0.319 e. The molecule has 0 bridgehead atoms. The van der Waals surface area contributed by atoms with Crippen LogP contribution in [0.3, 0.4) is 0 Å². The summed E-state index contributed by atoms with van der Waals surface area (Å²) in [6.07, 6.45) is 2.12. The molecule has 2 rings (SSSR count). The van der Waals surface area contributed by atoms with Crippen LogP contribution in [0.5, 0.6) is 0 Å². The summed E-state index contributed by atoms with van der Waals surface area (Å²) >= 11 is 0. The van der Waals surface area contributed by atoms with Crippen LogP contribution in [0.4, 0.5) is 16.2 Å². The summed E-state index contributed by atoms with van der Waals surface area (Å²) in [5.74, 6) is 0. The van der Waals surface area contributed by atoms with Gasteiger partial charge in [0.15, 0.2) is 0 Å². The number of piperidine rings is 1. The zero-order chi connectivity index (χ0) is 17.7. The van der Waals surface area contributed by atoms with Gasteiger partial charge in [-0.1, -0.05) is 6.07 Å². The van der Waals surface area contributed by atoms with Gasteiger partial charge in [-0.05, 0) is 65.3 Å². The average molecular weight is 333 g/mol. The highest BCUT2D eigenvalue weighted by molar-refractivity contribution is 5.89. The highest BCUT2D eigenvalue weighted by atomic mass is 16.2. The first-order chi connectivity index (χ1) is 11.3. The third kappa shape index (κ3) is 4.61. The minimum absolute atomic E-state index is 0.0370. The number of likely N-dealkylation sites (N-methyl/N-ethyl adjacent to an activating group) is 1. The van der Waals surface area contributed by atoms with Crippen LogP contribution in [0.15, 0.2) is 24.3 Å². The molecule has 2 amide bonds. The minimum atomic E-state index is -0.147. The molecule has 0 unspecified atom stereocenters. The Morgan fingerprint density at radius 3 is 2.46 bits per heavy atom. The zero-order valence-electron chi connectivity index (χ0n) is 15.6. The molecule has 0 saturated carbocycles. The topological polar surface area (TPSA) is 50.9 Å². The van der Waals surface area contributed by atoms with E-state index in [0.29, 0.717) is 6.54 Å². The lowest BCUT2D eigenvalue weighted by Crippen LogP contribution is -2.58. The van der Waals surface area contributed by atoms with E-state index in [9.17, 15) is 4.79 Å².